The number of benzene rings is 2. The molecule has 2 aromatic heterocycles. The summed E-state index contributed by atoms with van der Waals surface area (Å²) in [6.45, 7) is 2.98. The van der Waals surface area contributed by atoms with Gasteiger partial charge in [0.15, 0.2) is 5.58 Å². The minimum absolute atomic E-state index is 0.128. The van der Waals surface area contributed by atoms with Gasteiger partial charge in [-0.1, -0.05) is 50.5 Å². The second-order valence-corrected chi connectivity index (χ2v) is 7.23. The van der Waals surface area contributed by atoms with Gasteiger partial charge in [-0.2, -0.15) is 15.0 Å². The molecular weight excluding hydrogens is 400 g/mol. The third-order valence-corrected chi connectivity index (χ3v) is 4.79. The number of fused-ring (bicyclic) bond motifs is 1. The van der Waals surface area contributed by atoms with Gasteiger partial charge >= 0.3 is 0 Å². The van der Waals surface area contributed by atoms with Crippen LogP contribution in [0.15, 0.2) is 52.9 Å². The summed E-state index contributed by atoms with van der Waals surface area (Å²) in [4.78, 5) is 17.4. The maximum atomic E-state index is 6.12. The number of hydrogen-bond acceptors (Lipinski definition) is 7. The normalized spacial score (nSPS) is 11.0. The minimum Gasteiger partial charge on any atom is -0.436 e. The van der Waals surface area contributed by atoms with Gasteiger partial charge in [-0.05, 0) is 42.3 Å². The second-order valence-electron chi connectivity index (χ2n) is 6.90. The van der Waals surface area contributed by atoms with Crippen LogP contribution in [0.1, 0.15) is 32.6 Å². The molecule has 7 nitrogen and oxygen atoms in total. The van der Waals surface area contributed by atoms with Gasteiger partial charge in [-0.25, -0.2) is 4.98 Å². The van der Waals surface area contributed by atoms with Gasteiger partial charge in [0.25, 0.3) is 0 Å². The summed E-state index contributed by atoms with van der Waals surface area (Å²) < 4.78 is 5.92. The summed E-state index contributed by atoms with van der Waals surface area (Å²) in [5.74, 6) is 1.33. The van der Waals surface area contributed by atoms with Crippen LogP contribution in [0.4, 0.5) is 17.6 Å². The number of halogens is 1. The van der Waals surface area contributed by atoms with Crippen molar-refractivity contribution in [1.82, 2.24) is 19.9 Å². The van der Waals surface area contributed by atoms with Gasteiger partial charge in [0, 0.05) is 6.54 Å². The van der Waals surface area contributed by atoms with Crippen molar-refractivity contribution in [3.8, 4) is 11.5 Å². The van der Waals surface area contributed by atoms with Crippen LogP contribution in [0.3, 0.4) is 0 Å². The van der Waals surface area contributed by atoms with Crippen molar-refractivity contribution >= 4 is 40.3 Å². The molecule has 0 aliphatic heterocycles. The van der Waals surface area contributed by atoms with Gasteiger partial charge in [-0.15, -0.1) is 0 Å². The number of hydrogen-bond donors (Lipinski definition) is 2. The van der Waals surface area contributed by atoms with Crippen LogP contribution < -0.4 is 10.6 Å². The highest BCUT2D eigenvalue weighted by atomic mass is 35.5. The third-order valence-electron chi connectivity index (χ3n) is 4.62. The van der Waals surface area contributed by atoms with Crippen molar-refractivity contribution in [3.63, 3.8) is 0 Å². The van der Waals surface area contributed by atoms with E-state index in [4.69, 9.17) is 16.0 Å². The standard InChI is InChI=1S/C22H23ClN6O/c1-2-3-4-9-14-24-21-27-20(23)28-22(29-21)26-16-11-6-5-10-15(16)19-25-17-12-7-8-13-18(17)30-19/h5-8,10-13H,2-4,9,14H2,1H3,(H2,24,26,27,28,29). The molecule has 154 valence electrons. The Morgan fingerprint density at radius 3 is 2.53 bits per heavy atom. The zero-order chi connectivity index (χ0) is 20.8. The average Bonchev–Trinajstić information content (AvgIpc) is 3.18. The number of nitrogens with one attached hydrogen (secondary N) is 2. The lowest BCUT2D eigenvalue weighted by molar-refractivity contribution is 0.620. The number of aromatic nitrogens is 4. The van der Waals surface area contributed by atoms with E-state index < -0.39 is 0 Å². The molecule has 0 radical (unpaired) electrons. The first-order valence-corrected chi connectivity index (χ1v) is 10.5. The molecule has 0 atom stereocenters. The quantitative estimate of drug-likeness (QED) is 0.316. The number of rotatable bonds is 9. The Labute approximate surface area is 179 Å². The Morgan fingerprint density at radius 2 is 1.67 bits per heavy atom. The maximum Gasteiger partial charge on any atom is 0.233 e. The number of anilines is 3. The molecule has 0 spiro atoms. The highest BCUT2D eigenvalue weighted by Gasteiger charge is 2.14. The first kappa shape index (κ1) is 20.1. The summed E-state index contributed by atoms with van der Waals surface area (Å²) in [5, 5.41) is 6.57. The molecule has 2 aromatic carbocycles. The number of oxazole rings is 1. The minimum atomic E-state index is 0.128. The van der Waals surface area contributed by atoms with Gasteiger partial charge < -0.3 is 15.1 Å². The molecule has 0 fully saturated rings. The van der Waals surface area contributed by atoms with Gasteiger partial charge in [-0.3, -0.25) is 0 Å². The smallest absolute Gasteiger partial charge is 0.233 e. The number of unbranched alkanes of at least 4 members (excludes halogenated alkanes) is 3. The van der Waals surface area contributed by atoms with E-state index in [1.165, 1.54) is 19.3 Å². The van der Waals surface area contributed by atoms with Crippen molar-refractivity contribution < 1.29 is 4.42 Å². The largest absolute Gasteiger partial charge is 0.436 e. The van der Waals surface area contributed by atoms with Crippen molar-refractivity contribution in [1.29, 1.82) is 0 Å². The van der Waals surface area contributed by atoms with Crippen LogP contribution in [-0.4, -0.2) is 26.5 Å². The molecule has 0 amide bonds. The van der Waals surface area contributed by atoms with E-state index in [2.05, 4.69) is 37.5 Å². The van der Waals surface area contributed by atoms with E-state index >= 15 is 0 Å². The molecule has 2 N–H and O–H groups in total. The van der Waals surface area contributed by atoms with E-state index in [1.807, 2.05) is 48.5 Å². The third kappa shape index (κ3) is 4.86. The lowest BCUT2D eigenvalue weighted by Gasteiger charge is -2.10. The Bertz CT molecular complexity index is 1100. The molecule has 0 saturated carbocycles. The SMILES string of the molecule is CCCCCCNc1nc(Cl)nc(Nc2ccccc2-c2nc3ccccc3o2)n1. The summed E-state index contributed by atoms with van der Waals surface area (Å²) >= 11 is 6.12. The van der Waals surface area contributed by atoms with E-state index in [-0.39, 0.29) is 5.28 Å². The Balaban J connectivity index is 1.54. The Morgan fingerprint density at radius 1 is 0.867 bits per heavy atom. The maximum absolute atomic E-state index is 6.12. The van der Waals surface area contributed by atoms with Crippen LogP contribution >= 0.6 is 11.6 Å². The number of para-hydroxylation sites is 3. The second kappa shape index (κ2) is 9.54. The summed E-state index contributed by atoms with van der Waals surface area (Å²) in [7, 11) is 0. The van der Waals surface area contributed by atoms with Crippen LogP contribution in [0.2, 0.25) is 5.28 Å². The molecule has 4 rings (SSSR count). The summed E-state index contributed by atoms with van der Waals surface area (Å²) in [6, 6.07) is 15.4. The number of nitrogens with zero attached hydrogens (tertiary/aromatic N) is 4. The monoisotopic (exact) mass is 422 g/mol. The van der Waals surface area contributed by atoms with Crippen LogP contribution in [0, 0.1) is 0 Å². The molecule has 30 heavy (non-hydrogen) atoms. The zero-order valence-electron chi connectivity index (χ0n) is 16.7. The van der Waals surface area contributed by atoms with Crippen LogP contribution in [0.25, 0.3) is 22.6 Å². The first-order valence-electron chi connectivity index (χ1n) is 10.1. The van der Waals surface area contributed by atoms with E-state index in [1.54, 1.807) is 0 Å². The molecule has 4 aromatic rings. The predicted molar refractivity (Wildman–Crippen MR) is 120 cm³/mol. The van der Waals surface area contributed by atoms with Crippen molar-refractivity contribution in [2.24, 2.45) is 0 Å². The topological polar surface area (TPSA) is 88.8 Å². The average molecular weight is 423 g/mol. The fourth-order valence-electron chi connectivity index (χ4n) is 3.12. The highest BCUT2D eigenvalue weighted by Crippen LogP contribution is 2.31. The van der Waals surface area contributed by atoms with Crippen molar-refractivity contribution in [3.05, 3.63) is 53.8 Å². The molecule has 0 aliphatic carbocycles. The Kier molecular flexibility index (Phi) is 6.39. The highest BCUT2D eigenvalue weighted by molar-refractivity contribution is 6.28. The van der Waals surface area contributed by atoms with Crippen molar-refractivity contribution in [2.45, 2.75) is 32.6 Å². The molecule has 2 heterocycles. The van der Waals surface area contributed by atoms with Crippen LogP contribution in [0.5, 0.6) is 0 Å². The van der Waals surface area contributed by atoms with E-state index in [0.29, 0.717) is 17.8 Å². The fraction of sp³-hybridized carbons (Fsp3) is 0.273. The summed E-state index contributed by atoms with van der Waals surface area (Å²) in [5.41, 5.74) is 3.11. The lowest BCUT2D eigenvalue weighted by Crippen LogP contribution is -2.08. The lowest BCUT2D eigenvalue weighted by atomic mass is 10.2. The Hall–Kier alpha value is -3.19. The van der Waals surface area contributed by atoms with E-state index in [0.717, 1.165) is 35.3 Å². The van der Waals surface area contributed by atoms with Crippen molar-refractivity contribution in [2.75, 3.05) is 17.2 Å². The molecule has 0 bridgehead atoms. The predicted octanol–water partition coefficient (Wildman–Crippen LogP) is 6.07. The van der Waals surface area contributed by atoms with Gasteiger partial charge in [0.05, 0.1) is 11.3 Å². The zero-order valence-corrected chi connectivity index (χ0v) is 17.5. The molecular formula is C22H23ClN6O. The fourth-order valence-corrected chi connectivity index (χ4v) is 3.28. The summed E-state index contributed by atoms with van der Waals surface area (Å²) in [6.07, 6.45) is 4.65. The molecule has 0 aliphatic rings. The molecule has 8 heteroatoms. The van der Waals surface area contributed by atoms with Crippen LogP contribution in [-0.2, 0) is 0 Å². The molecule has 0 saturated heterocycles. The van der Waals surface area contributed by atoms with E-state index in [9.17, 15) is 0 Å². The van der Waals surface area contributed by atoms with Gasteiger partial charge in [0.2, 0.25) is 23.1 Å². The first-order chi connectivity index (χ1) is 14.7. The van der Waals surface area contributed by atoms with Gasteiger partial charge in [0.1, 0.15) is 5.52 Å². The molecule has 0 unspecified atom stereocenters.